The molecule has 0 aromatic carbocycles. The molecule has 0 saturated heterocycles. The smallest absolute Gasteiger partial charge is 0.243 e. The highest BCUT2D eigenvalue weighted by Gasteiger charge is 1.94. The average molecular weight is 218 g/mol. The molecule has 0 unspecified atom stereocenters. The maximum Gasteiger partial charge on any atom is 0.243 e. The molecule has 0 aliphatic carbocycles. The van der Waals surface area contributed by atoms with Crippen molar-refractivity contribution in [2.45, 2.75) is 6.92 Å². The highest BCUT2D eigenvalue weighted by molar-refractivity contribution is 7.11. The van der Waals surface area contributed by atoms with E-state index < -0.39 is 0 Å². The van der Waals surface area contributed by atoms with E-state index in [0.29, 0.717) is 5.95 Å². The van der Waals surface area contributed by atoms with Crippen LogP contribution in [0.15, 0.2) is 35.0 Å². The molecule has 0 bridgehead atoms. The predicted molar refractivity (Wildman–Crippen MR) is 62.3 cm³/mol. The summed E-state index contributed by atoms with van der Waals surface area (Å²) in [4.78, 5) is 9.11. The highest BCUT2D eigenvalue weighted by atomic mass is 32.1. The number of rotatable bonds is 3. The minimum Gasteiger partial charge on any atom is -0.245 e. The Hall–Kier alpha value is -1.75. The van der Waals surface area contributed by atoms with E-state index in [-0.39, 0.29) is 0 Å². The minimum atomic E-state index is 0.503. The van der Waals surface area contributed by atoms with Gasteiger partial charge in [0.25, 0.3) is 0 Å². The molecule has 0 aliphatic rings. The van der Waals surface area contributed by atoms with Crippen molar-refractivity contribution in [1.29, 1.82) is 0 Å². The summed E-state index contributed by atoms with van der Waals surface area (Å²) in [5, 5.41) is 6.09. The lowest BCUT2D eigenvalue weighted by atomic mass is 10.3. The van der Waals surface area contributed by atoms with E-state index in [1.807, 2.05) is 5.38 Å². The van der Waals surface area contributed by atoms with Crippen molar-refractivity contribution in [3.8, 4) is 0 Å². The van der Waals surface area contributed by atoms with Crippen LogP contribution in [0.5, 0.6) is 0 Å². The molecule has 0 saturated carbocycles. The molecule has 0 amide bonds. The Morgan fingerprint density at radius 3 is 2.87 bits per heavy atom. The summed E-state index contributed by atoms with van der Waals surface area (Å²) in [6.45, 7) is 2.05. The third-order valence-electron chi connectivity index (χ3n) is 1.81. The van der Waals surface area contributed by atoms with Crippen LogP contribution in [0.4, 0.5) is 5.95 Å². The number of nitrogens with zero attached hydrogens (tertiary/aromatic N) is 3. The topological polar surface area (TPSA) is 50.2 Å². The van der Waals surface area contributed by atoms with E-state index in [0.717, 1.165) is 4.88 Å². The highest BCUT2D eigenvalue weighted by Crippen LogP contribution is 2.12. The number of anilines is 1. The van der Waals surface area contributed by atoms with Gasteiger partial charge in [-0.25, -0.2) is 15.4 Å². The zero-order valence-electron chi connectivity index (χ0n) is 8.21. The molecule has 0 spiro atoms. The first-order valence-electron chi connectivity index (χ1n) is 4.46. The zero-order valence-corrected chi connectivity index (χ0v) is 9.03. The van der Waals surface area contributed by atoms with Gasteiger partial charge in [0.05, 0.1) is 6.21 Å². The van der Waals surface area contributed by atoms with Crippen LogP contribution in [-0.2, 0) is 0 Å². The number of nitrogens with one attached hydrogen (secondary N) is 1. The average Bonchev–Trinajstić information content (AvgIpc) is 2.66. The standard InChI is InChI=1S/C10H10N4S/c1-8-3-6-15-9(8)7-13-14-10-11-4-2-5-12-10/h2-7H,1H3,(H,11,12,14)/b13-7+. The van der Waals surface area contributed by atoms with Gasteiger partial charge in [0.15, 0.2) is 0 Å². The van der Waals surface area contributed by atoms with Crippen LogP contribution in [0, 0.1) is 6.92 Å². The molecule has 2 rings (SSSR count). The summed E-state index contributed by atoms with van der Waals surface area (Å²) < 4.78 is 0. The first-order valence-corrected chi connectivity index (χ1v) is 5.34. The van der Waals surface area contributed by atoms with E-state index in [2.05, 4.69) is 33.5 Å². The maximum absolute atomic E-state index is 4.06. The summed E-state index contributed by atoms with van der Waals surface area (Å²) in [6.07, 6.45) is 5.11. The van der Waals surface area contributed by atoms with Crippen molar-refractivity contribution in [1.82, 2.24) is 9.97 Å². The van der Waals surface area contributed by atoms with E-state index in [1.54, 1.807) is 36.0 Å². The molecule has 1 N–H and O–H groups in total. The van der Waals surface area contributed by atoms with E-state index in [9.17, 15) is 0 Å². The SMILES string of the molecule is Cc1ccsc1/C=N/Nc1ncccn1. The van der Waals surface area contributed by atoms with Crippen molar-refractivity contribution in [2.75, 3.05) is 5.43 Å². The molecular formula is C10H10N4S. The second-order valence-corrected chi connectivity index (χ2v) is 3.86. The van der Waals surface area contributed by atoms with Crippen LogP contribution < -0.4 is 5.43 Å². The van der Waals surface area contributed by atoms with Crippen LogP contribution >= 0.6 is 11.3 Å². The molecule has 2 heterocycles. The lowest BCUT2D eigenvalue weighted by Gasteiger charge is -1.95. The predicted octanol–water partition coefficient (Wildman–Crippen LogP) is 2.29. The van der Waals surface area contributed by atoms with Crippen LogP contribution in [0.1, 0.15) is 10.4 Å². The van der Waals surface area contributed by atoms with Crippen molar-refractivity contribution in [3.05, 3.63) is 40.3 Å². The van der Waals surface area contributed by atoms with Gasteiger partial charge < -0.3 is 0 Å². The molecule has 76 valence electrons. The van der Waals surface area contributed by atoms with E-state index in [1.165, 1.54) is 5.56 Å². The van der Waals surface area contributed by atoms with Crippen molar-refractivity contribution in [2.24, 2.45) is 5.10 Å². The van der Waals surface area contributed by atoms with Crippen molar-refractivity contribution in [3.63, 3.8) is 0 Å². The van der Waals surface area contributed by atoms with Gasteiger partial charge in [0, 0.05) is 17.3 Å². The quantitative estimate of drug-likeness (QED) is 0.635. The van der Waals surface area contributed by atoms with Crippen molar-refractivity contribution >= 4 is 23.5 Å². The number of hydrogen-bond acceptors (Lipinski definition) is 5. The fraction of sp³-hybridized carbons (Fsp3) is 0.100. The molecule has 2 aromatic rings. The van der Waals surface area contributed by atoms with E-state index >= 15 is 0 Å². The van der Waals surface area contributed by atoms with Gasteiger partial charge in [-0.1, -0.05) is 0 Å². The molecular weight excluding hydrogens is 208 g/mol. The van der Waals surface area contributed by atoms with Gasteiger partial charge in [-0.3, -0.25) is 0 Å². The van der Waals surface area contributed by atoms with Gasteiger partial charge in [-0.2, -0.15) is 5.10 Å². The molecule has 2 aromatic heterocycles. The summed E-state index contributed by atoms with van der Waals surface area (Å²) in [5.74, 6) is 0.503. The number of aryl methyl sites for hydroxylation is 1. The Morgan fingerprint density at radius 2 is 2.20 bits per heavy atom. The van der Waals surface area contributed by atoms with Gasteiger partial charge in [0.1, 0.15) is 0 Å². The largest absolute Gasteiger partial charge is 0.245 e. The van der Waals surface area contributed by atoms with Gasteiger partial charge in [-0.05, 0) is 30.0 Å². The lowest BCUT2D eigenvalue weighted by molar-refractivity contribution is 1.12. The Morgan fingerprint density at radius 1 is 1.40 bits per heavy atom. The molecule has 5 heteroatoms. The first-order chi connectivity index (χ1) is 7.36. The second kappa shape index (κ2) is 4.65. The fourth-order valence-electron chi connectivity index (χ4n) is 1.02. The van der Waals surface area contributed by atoms with Crippen molar-refractivity contribution < 1.29 is 0 Å². The summed E-state index contributed by atoms with van der Waals surface area (Å²) >= 11 is 1.65. The van der Waals surface area contributed by atoms with Crippen LogP contribution in [0.2, 0.25) is 0 Å². The van der Waals surface area contributed by atoms with Crippen LogP contribution in [0.3, 0.4) is 0 Å². The van der Waals surface area contributed by atoms with E-state index in [4.69, 9.17) is 0 Å². The first kappa shape index (κ1) is 9.79. The fourth-order valence-corrected chi connectivity index (χ4v) is 1.81. The van der Waals surface area contributed by atoms with Gasteiger partial charge in [0.2, 0.25) is 5.95 Å². The third kappa shape index (κ3) is 2.60. The Balaban J connectivity index is 2.00. The molecule has 0 atom stereocenters. The Kier molecular flexibility index (Phi) is 3.04. The second-order valence-electron chi connectivity index (χ2n) is 2.91. The molecule has 0 radical (unpaired) electrons. The number of thiophene rings is 1. The Bertz CT molecular complexity index is 449. The molecule has 0 fully saturated rings. The summed E-state index contributed by atoms with van der Waals surface area (Å²) in [7, 11) is 0. The molecule has 15 heavy (non-hydrogen) atoms. The number of hydrazone groups is 1. The number of aromatic nitrogens is 2. The maximum atomic E-state index is 4.06. The summed E-state index contributed by atoms with van der Waals surface area (Å²) in [6, 6.07) is 3.82. The zero-order chi connectivity index (χ0) is 10.5. The molecule has 0 aliphatic heterocycles. The normalized spacial score (nSPS) is 10.7. The third-order valence-corrected chi connectivity index (χ3v) is 2.77. The van der Waals surface area contributed by atoms with Gasteiger partial charge in [-0.15, -0.1) is 11.3 Å². The minimum absolute atomic E-state index is 0.503. The number of hydrogen-bond donors (Lipinski definition) is 1. The lowest BCUT2D eigenvalue weighted by Crippen LogP contribution is -1.94. The monoisotopic (exact) mass is 218 g/mol. The molecule has 4 nitrogen and oxygen atoms in total. The Labute approximate surface area is 91.7 Å². The van der Waals surface area contributed by atoms with Crippen LogP contribution in [-0.4, -0.2) is 16.2 Å². The van der Waals surface area contributed by atoms with Gasteiger partial charge >= 0.3 is 0 Å². The summed E-state index contributed by atoms with van der Waals surface area (Å²) in [5.41, 5.74) is 3.99. The van der Waals surface area contributed by atoms with Crippen LogP contribution in [0.25, 0.3) is 0 Å².